The smallest absolute Gasteiger partial charge is 0.269 e. The lowest BCUT2D eigenvalue weighted by Crippen LogP contribution is -2.25. The number of hydrogen-bond donors (Lipinski definition) is 1. The number of rotatable bonds is 4. The molecule has 3 aromatic rings. The number of carbonyl (C=O) groups is 1. The van der Waals surface area contributed by atoms with Crippen molar-refractivity contribution in [1.29, 1.82) is 0 Å². The number of non-ortho nitro benzene ring substituents is 1. The summed E-state index contributed by atoms with van der Waals surface area (Å²) in [4.78, 5) is 23.4. The summed E-state index contributed by atoms with van der Waals surface area (Å²) in [5, 5.41) is 18.3. The van der Waals surface area contributed by atoms with E-state index in [9.17, 15) is 14.9 Å². The fourth-order valence-corrected chi connectivity index (χ4v) is 3.74. The molecule has 1 aromatic heterocycles. The van der Waals surface area contributed by atoms with E-state index in [2.05, 4.69) is 16.5 Å². The van der Waals surface area contributed by atoms with Crippen LogP contribution in [-0.4, -0.2) is 20.6 Å². The molecule has 7 heteroatoms. The van der Waals surface area contributed by atoms with Crippen LogP contribution in [0.4, 0.5) is 11.5 Å². The number of nitro benzene ring substituents is 1. The average molecular weight is 376 g/mol. The van der Waals surface area contributed by atoms with Crippen molar-refractivity contribution in [3.8, 4) is 5.69 Å². The van der Waals surface area contributed by atoms with Gasteiger partial charge < -0.3 is 5.32 Å². The highest BCUT2D eigenvalue weighted by Gasteiger charge is 2.27. The van der Waals surface area contributed by atoms with E-state index in [0.717, 1.165) is 30.5 Å². The number of aromatic nitrogens is 2. The minimum absolute atomic E-state index is 0.0111. The van der Waals surface area contributed by atoms with E-state index < -0.39 is 4.92 Å². The van der Waals surface area contributed by atoms with Gasteiger partial charge in [-0.25, -0.2) is 4.68 Å². The number of anilines is 1. The van der Waals surface area contributed by atoms with Crippen molar-refractivity contribution >= 4 is 17.4 Å². The summed E-state index contributed by atoms with van der Waals surface area (Å²) < 4.78 is 1.60. The van der Waals surface area contributed by atoms with Gasteiger partial charge in [0.1, 0.15) is 5.82 Å². The molecule has 1 unspecified atom stereocenters. The van der Waals surface area contributed by atoms with Crippen LogP contribution in [0.5, 0.6) is 0 Å². The highest BCUT2D eigenvalue weighted by Crippen LogP contribution is 2.32. The summed E-state index contributed by atoms with van der Waals surface area (Å²) in [7, 11) is 0. The van der Waals surface area contributed by atoms with Crippen molar-refractivity contribution in [2.45, 2.75) is 32.1 Å². The highest BCUT2D eigenvalue weighted by atomic mass is 16.6. The summed E-state index contributed by atoms with van der Waals surface area (Å²) >= 11 is 0. The summed E-state index contributed by atoms with van der Waals surface area (Å²) in [6.07, 6.45) is 2.79. The van der Waals surface area contributed by atoms with Gasteiger partial charge in [-0.05, 0) is 49.4 Å². The summed E-state index contributed by atoms with van der Waals surface area (Å²) in [6, 6.07) is 16.0. The Morgan fingerprint density at radius 3 is 2.71 bits per heavy atom. The number of nitrogens with zero attached hydrogens (tertiary/aromatic N) is 3. The number of fused-ring (bicyclic) bond motifs is 1. The SMILES string of the molecule is Cc1cc(NC(=O)C2CCCc3ccccc32)n(-c2ccc([N+](=O)[O-])cc2)n1. The Morgan fingerprint density at radius 1 is 1.21 bits per heavy atom. The third kappa shape index (κ3) is 3.38. The van der Waals surface area contributed by atoms with Crippen molar-refractivity contribution < 1.29 is 9.72 Å². The van der Waals surface area contributed by atoms with E-state index in [1.54, 1.807) is 22.9 Å². The number of hydrogen-bond acceptors (Lipinski definition) is 4. The Labute approximate surface area is 162 Å². The minimum Gasteiger partial charge on any atom is -0.310 e. The first-order chi connectivity index (χ1) is 13.5. The molecular weight excluding hydrogens is 356 g/mol. The zero-order valence-corrected chi connectivity index (χ0v) is 15.5. The molecular formula is C21H20N4O3. The van der Waals surface area contributed by atoms with Gasteiger partial charge in [0, 0.05) is 18.2 Å². The zero-order valence-electron chi connectivity index (χ0n) is 15.5. The predicted octanol–water partition coefficient (Wildman–Crippen LogP) is 4.15. The molecule has 1 heterocycles. The van der Waals surface area contributed by atoms with E-state index in [1.165, 1.54) is 17.7 Å². The molecule has 1 aliphatic rings. The topological polar surface area (TPSA) is 90.1 Å². The molecule has 1 atom stereocenters. The van der Waals surface area contributed by atoms with Crippen LogP contribution >= 0.6 is 0 Å². The van der Waals surface area contributed by atoms with Crippen LogP contribution in [0.2, 0.25) is 0 Å². The monoisotopic (exact) mass is 376 g/mol. The molecule has 142 valence electrons. The summed E-state index contributed by atoms with van der Waals surface area (Å²) in [5.41, 5.74) is 3.73. The van der Waals surface area contributed by atoms with Gasteiger partial charge in [0.05, 0.1) is 22.2 Å². The third-order valence-electron chi connectivity index (χ3n) is 5.07. The van der Waals surface area contributed by atoms with E-state index in [4.69, 9.17) is 0 Å². The van der Waals surface area contributed by atoms with E-state index >= 15 is 0 Å². The molecule has 4 rings (SSSR count). The second-order valence-electron chi connectivity index (χ2n) is 6.99. The second-order valence-corrected chi connectivity index (χ2v) is 6.99. The number of amides is 1. The van der Waals surface area contributed by atoms with E-state index in [1.807, 2.05) is 25.1 Å². The molecule has 0 bridgehead atoms. The molecule has 1 aliphatic carbocycles. The van der Waals surface area contributed by atoms with Crippen LogP contribution in [-0.2, 0) is 11.2 Å². The number of nitrogens with one attached hydrogen (secondary N) is 1. The van der Waals surface area contributed by atoms with Gasteiger partial charge in [-0.1, -0.05) is 24.3 Å². The molecule has 0 spiro atoms. The van der Waals surface area contributed by atoms with Crippen molar-refractivity contribution in [3.05, 3.63) is 81.5 Å². The standard InChI is InChI=1S/C21H20N4O3/c1-14-13-20(24(23-14)16-9-11-17(12-10-16)25(27)28)22-21(26)19-8-4-6-15-5-2-3-7-18(15)19/h2-3,5,7,9-13,19H,4,6,8H2,1H3,(H,22,26). The molecule has 2 aromatic carbocycles. The van der Waals surface area contributed by atoms with Gasteiger partial charge in [0.15, 0.2) is 0 Å². The highest BCUT2D eigenvalue weighted by molar-refractivity contribution is 5.95. The van der Waals surface area contributed by atoms with Crippen LogP contribution in [0.3, 0.4) is 0 Å². The van der Waals surface area contributed by atoms with Gasteiger partial charge in [0.25, 0.3) is 5.69 Å². The van der Waals surface area contributed by atoms with Crippen LogP contribution in [0.15, 0.2) is 54.6 Å². The Bertz CT molecular complexity index is 1040. The Balaban J connectivity index is 1.61. The van der Waals surface area contributed by atoms with Crippen molar-refractivity contribution in [1.82, 2.24) is 9.78 Å². The van der Waals surface area contributed by atoms with Crippen LogP contribution < -0.4 is 5.32 Å². The predicted molar refractivity (Wildman–Crippen MR) is 106 cm³/mol. The van der Waals surface area contributed by atoms with E-state index in [0.29, 0.717) is 11.5 Å². The number of carbonyl (C=O) groups excluding carboxylic acids is 1. The first-order valence-electron chi connectivity index (χ1n) is 9.23. The average Bonchev–Trinajstić information content (AvgIpc) is 3.07. The molecule has 7 nitrogen and oxygen atoms in total. The minimum atomic E-state index is -0.443. The molecule has 0 fully saturated rings. The lowest BCUT2D eigenvalue weighted by molar-refractivity contribution is -0.384. The fraction of sp³-hybridized carbons (Fsp3) is 0.238. The maximum atomic E-state index is 13.0. The van der Waals surface area contributed by atoms with Crippen molar-refractivity contribution in [3.63, 3.8) is 0 Å². The van der Waals surface area contributed by atoms with Crippen LogP contribution in [0.1, 0.15) is 35.6 Å². The second kappa shape index (κ2) is 7.26. The van der Waals surface area contributed by atoms with Crippen molar-refractivity contribution in [2.75, 3.05) is 5.32 Å². The Hall–Kier alpha value is -3.48. The van der Waals surface area contributed by atoms with Crippen molar-refractivity contribution in [2.24, 2.45) is 0 Å². The fourth-order valence-electron chi connectivity index (χ4n) is 3.74. The Morgan fingerprint density at radius 2 is 1.96 bits per heavy atom. The first kappa shape index (κ1) is 17.9. The van der Waals surface area contributed by atoms with Gasteiger partial charge in [-0.2, -0.15) is 5.10 Å². The molecule has 0 saturated carbocycles. The maximum absolute atomic E-state index is 13.0. The van der Waals surface area contributed by atoms with E-state index in [-0.39, 0.29) is 17.5 Å². The van der Waals surface area contributed by atoms with Gasteiger partial charge in [-0.15, -0.1) is 0 Å². The molecule has 1 N–H and O–H groups in total. The zero-order chi connectivity index (χ0) is 19.7. The molecule has 0 saturated heterocycles. The van der Waals surface area contributed by atoms with Crippen LogP contribution in [0.25, 0.3) is 5.69 Å². The molecule has 28 heavy (non-hydrogen) atoms. The third-order valence-corrected chi connectivity index (χ3v) is 5.07. The Kier molecular flexibility index (Phi) is 4.65. The van der Waals surface area contributed by atoms with Gasteiger partial charge in [-0.3, -0.25) is 14.9 Å². The maximum Gasteiger partial charge on any atom is 0.269 e. The molecule has 0 aliphatic heterocycles. The molecule has 0 radical (unpaired) electrons. The summed E-state index contributed by atoms with van der Waals surface area (Å²) in [5.74, 6) is 0.306. The summed E-state index contributed by atoms with van der Waals surface area (Å²) in [6.45, 7) is 1.84. The largest absolute Gasteiger partial charge is 0.310 e. The first-order valence-corrected chi connectivity index (χ1v) is 9.23. The number of benzene rings is 2. The number of aryl methyl sites for hydroxylation is 2. The lowest BCUT2D eigenvalue weighted by Gasteiger charge is -2.24. The number of nitro groups is 1. The van der Waals surface area contributed by atoms with Gasteiger partial charge >= 0.3 is 0 Å². The normalized spacial score (nSPS) is 15.7. The van der Waals surface area contributed by atoms with Crippen LogP contribution in [0, 0.1) is 17.0 Å². The lowest BCUT2D eigenvalue weighted by atomic mass is 9.82. The quantitative estimate of drug-likeness (QED) is 0.547. The molecule has 1 amide bonds. The van der Waals surface area contributed by atoms with Gasteiger partial charge in [0.2, 0.25) is 5.91 Å².